The predicted molar refractivity (Wildman–Crippen MR) is 83.0 cm³/mol. The van der Waals surface area contributed by atoms with Crippen molar-refractivity contribution >= 4 is 35.0 Å². The van der Waals surface area contributed by atoms with Gasteiger partial charge < -0.3 is 4.40 Å². The van der Waals surface area contributed by atoms with Crippen LogP contribution in [0.3, 0.4) is 0 Å². The van der Waals surface area contributed by atoms with Crippen molar-refractivity contribution in [3.05, 3.63) is 63.9 Å². The van der Waals surface area contributed by atoms with E-state index in [4.69, 9.17) is 23.2 Å². The van der Waals surface area contributed by atoms with E-state index >= 15 is 0 Å². The van der Waals surface area contributed by atoms with Crippen molar-refractivity contribution in [3.63, 3.8) is 0 Å². The molecule has 0 N–H and O–H groups in total. The van der Waals surface area contributed by atoms with E-state index in [9.17, 15) is 4.79 Å². The number of fused-ring (bicyclic) bond motifs is 1. The third-order valence-electron chi connectivity index (χ3n) is 3.39. The molecule has 0 saturated heterocycles. The summed E-state index contributed by atoms with van der Waals surface area (Å²) in [4.78, 5) is 11.5. The largest absolute Gasteiger partial charge is 0.313 e. The molecular formula is C16H11Cl2NO. The Kier molecular flexibility index (Phi) is 3.28. The van der Waals surface area contributed by atoms with Gasteiger partial charge in [0, 0.05) is 32.9 Å². The van der Waals surface area contributed by atoms with E-state index in [0.29, 0.717) is 15.7 Å². The van der Waals surface area contributed by atoms with Gasteiger partial charge in [-0.2, -0.15) is 0 Å². The van der Waals surface area contributed by atoms with Gasteiger partial charge in [0.1, 0.15) is 0 Å². The zero-order valence-electron chi connectivity index (χ0n) is 10.7. The zero-order valence-corrected chi connectivity index (χ0v) is 12.2. The first-order valence-electron chi connectivity index (χ1n) is 6.13. The molecule has 100 valence electrons. The Labute approximate surface area is 126 Å². The third-order valence-corrected chi connectivity index (χ3v) is 3.96. The second-order valence-corrected chi connectivity index (χ2v) is 5.48. The van der Waals surface area contributed by atoms with E-state index < -0.39 is 0 Å². The van der Waals surface area contributed by atoms with Crippen LogP contribution in [0.5, 0.6) is 0 Å². The Hall–Kier alpha value is -1.77. The fourth-order valence-electron chi connectivity index (χ4n) is 2.40. The molecule has 0 aliphatic carbocycles. The highest BCUT2D eigenvalue weighted by atomic mass is 35.5. The lowest BCUT2D eigenvalue weighted by Crippen LogP contribution is -1.93. The van der Waals surface area contributed by atoms with Crippen LogP contribution in [-0.2, 0) is 0 Å². The highest BCUT2D eigenvalue weighted by Gasteiger charge is 2.15. The number of benzene rings is 1. The van der Waals surface area contributed by atoms with Crippen molar-refractivity contribution < 1.29 is 4.79 Å². The molecule has 0 fully saturated rings. The summed E-state index contributed by atoms with van der Waals surface area (Å²) in [6, 6.07) is 11.1. The number of halogens is 2. The number of carbonyl (C=O) groups excluding carboxylic acids is 1. The lowest BCUT2D eigenvalue weighted by atomic mass is 10.1. The van der Waals surface area contributed by atoms with E-state index in [2.05, 4.69) is 0 Å². The van der Waals surface area contributed by atoms with Gasteiger partial charge >= 0.3 is 0 Å². The van der Waals surface area contributed by atoms with Crippen LogP contribution in [0.4, 0.5) is 0 Å². The number of aryl methyl sites for hydroxylation is 1. The summed E-state index contributed by atoms with van der Waals surface area (Å²) in [5.41, 5.74) is 4.22. The number of pyridine rings is 1. The number of hydrogen-bond donors (Lipinski definition) is 0. The maximum Gasteiger partial charge on any atom is 0.167 e. The van der Waals surface area contributed by atoms with Crippen LogP contribution < -0.4 is 0 Å². The third kappa shape index (κ3) is 2.01. The molecular weight excluding hydrogens is 293 g/mol. The Morgan fingerprint density at radius 1 is 1.10 bits per heavy atom. The van der Waals surface area contributed by atoms with Gasteiger partial charge in [-0.1, -0.05) is 29.3 Å². The Balaban J connectivity index is 2.39. The zero-order chi connectivity index (χ0) is 14.3. The summed E-state index contributed by atoms with van der Waals surface area (Å²) in [5, 5.41) is 1.17. The summed E-state index contributed by atoms with van der Waals surface area (Å²) in [5.74, 6) is 0. The molecule has 0 aliphatic heterocycles. The average molecular weight is 304 g/mol. The molecule has 0 radical (unpaired) electrons. The van der Waals surface area contributed by atoms with Crippen LogP contribution in [0.1, 0.15) is 16.1 Å². The second kappa shape index (κ2) is 4.97. The SMILES string of the molecule is Cc1cccn2c(C=O)c(-c3cc(Cl)ccc3Cl)cc12. The summed E-state index contributed by atoms with van der Waals surface area (Å²) in [7, 11) is 0. The van der Waals surface area contributed by atoms with Crippen molar-refractivity contribution in [1.29, 1.82) is 0 Å². The topological polar surface area (TPSA) is 21.5 Å². The Morgan fingerprint density at radius 2 is 1.90 bits per heavy atom. The molecule has 0 amide bonds. The number of hydrogen-bond acceptors (Lipinski definition) is 1. The lowest BCUT2D eigenvalue weighted by Gasteiger charge is -2.04. The van der Waals surface area contributed by atoms with Crippen LogP contribution >= 0.6 is 23.2 Å². The van der Waals surface area contributed by atoms with Crippen LogP contribution in [0.2, 0.25) is 10.0 Å². The number of nitrogens with zero attached hydrogens (tertiary/aromatic N) is 1. The summed E-state index contributed by atoms with van der Waals surface area (Å²) >= 11 is 12.3. The van der Waals surface area contributed by atoms with Crippen LogP contribution in [0.15, 0.2) is 42.6 Å². The molecule has 2 aromatic heterocycles. The van der Waals surface area contributed by atoms with E-state index in [1.54, 1.807) is 18.2 Å². The molecule has 2 nitrogen and oxygen atoms in total. The first kappa shape index (κ1) is 13.2. The van der Waals surface area contributed by atoms with Gasteiger partial charge in [-0.05, 0) is 42.8 Å². The minimum atomic E-state index is 0.575. The second-order valence-electron chi connectivity index (χ2n) is 4.63. The molecule has 3 aromatic rings. The molecule has 0 aliphatic rings. The summed E-state index contributed by atoms with van der Waals surface area (Å²) in [6.45, 7) is 2.01. The van der Waals surface area contributed by atoms with Crippen LogP contribution in [0, 0.1) is 6.92 Å². The van der Waals surface area contributed by atoms with Gasteiger partial charge in [-0.25, -0.2) is 0 Å². The molecule has 2 heterocycles. The van der Waals surface area contributed by atoms with E-state index in [-0.39, 0.29) is 0 Å². The molecule has 20 heavy (non-hydrogen) atoms. The van der Waals surface area contributed by atoms with E-state index in [1.165, 1.54) is 0 Å². The monoisotopic (exact) mass is 303 g/mol. The van der Waals surface area contributed by atoms with Gasteiger partial charge in [0.15, 0.2) is 6.29 Å². The molecule has 3 rings (SSSR count). The van der Waals surface area contributed by atoms with Crippen molar-refractivity contribution in [2.75, 3.05) is 0 Å². The van der Waals surface area contributed by atoms with Crippen LogP contribution in [0.25, 0.3) is 16.6 Å². The average Bonchev–Trinajstić information content (AvgIpc) is 2.81. The highest BCUT2D eigenvalue weighted by molar-refractivity contribution is 6.35. The van der Waals surface area contributed by atoms with Gasteiger partial charge in [-0.3, -0.25) is 4.79 Å². The van der Waals surface area contributed by atoms with Crippen molar-refractivity contribution in [2.45, 2.75) is 6.92 Å². The minimum Gasteiger partial charge on any atom is -0.313 e. The predicted octanol–water partition coefficient (Wildman–Crippen LogP) is 5.03. The van der Waals surface area contributed by atoms with Crippen molar-refractivity contribution in [2.24, 2.45) is 0 Å². The van der Waals surface area contributed by atoms with E-state index in [1.807, 2.05) is 35.7 Å². The molecule has 0 atom stereocenters. The maximum atomic E-state index is 11.5. The molecule has 0 unspecified atom stereocenters. The van der Waals surface area contributed by atoms with Gasteiger partial charge in [0.05, 0.1) is 5.69 Å². The Bertz CT molecular complexity index is 821. The van der Waals surface area contributed by atoms with Crippen molar-refractivity contribution in [1.82, 2.24) is 4.40 Å². The lowest BCUT2D eigenvalue weighted by molar-refractivity contribution is 0.111. The molecule has 0 spiro atoms. The Morgan fingerprint density at radius 3 is 2.65 bits per heavy atom. The summed E-state index contributed by atoms with van der Waals surface area (Å²) in [6.07, 6.45) is 2.72. The highest BCUT2D eigenvalue weighted by Crippen LogP contribution is 2.34. The quantitative estimate of drug-likeness (QED) is 0.608. The first-order valence-corrected chi connectivity index (χ1v) is 6.88. The molecule has 0 saturated carbocycles. The fraction of sp³-hybridized carbons (Fsp3) is 0.0625. The number of aromatic nitrogens is 1. The fourth-order valence-corrected chi connectivity index (χ4v) is 2.79. The minimum absolute atomic E-state index is 0.575. The smallest absolute Gasteiger partial charge is 0.167 e. The maximum absolute atomic E-state index is 11.5. The van der Waals surface area contributed by atoms with Crippen LogP contribution in [-0.4, -0.2) is 10.7 Å². The first-order chi connectivity index (χ1) is 9.61. The molecule has 1 aromatic carbocycles. The molecule has 0 bridgehead atoms. The number of aldehydes is 1. The van der Waals surface area contributed by atoms with Gasteiger partial charge in [0.25, 0.3) is 0 Å². The number of rotatable bonds is 2. The standard InChI is InChI=1S/C16H11Cl2NO/c1-10-3-2-6-19-15(10)8-13(16(19)9-20)12-7-11(17)4-5-14(12)18/h2-9H,1H3. The summed E-state index contributed by atoms with van der Waals surface area (Å²) < 4.78 is 1.87. The van der Waals surface area contributed by atoms with Crippen molar-refractivity contribution in [3.8, 4) is 11.1 Å². The normalized spacial score (nSPS) is 10.9. The number of carbonyl (C=O) groups is 1. The van der Waals surface area contributed by atoms with Gasteiger partial charge in [0.2, 0.25) is 0 Å². The van der Waals surface area contributed by atoms with Gasteiger partial charge in [-0.15, -0.1) is 0 Å². The molecule has 4 heteroatoms. The van der Waals surface area contributed by atoms with E-state index in [0.717, 1.165) is 28.5 Å².